The quantitative estimate of drug-likeness (QED) is 0.307. The van der Waals surface area contributed by atoms with Gasteiger partial charge in [-0.15, -0.1) is 0 Å². The normalized spacial score (nSPS) is 12.0. The molecule has 226 valence electrons. The van der Waals surface area contributed by atoms with Crippen LogP contribution in [0, 0.1) is 19.8 Å². The van der Waals surface area contributed by atoms with Crippen molar-refractivity contribution in [2.24, 2.45) is 5.92 Å². The molecule has 0 aliphatic heterocycles. The molecule has 1 atom stereocenters. The zero-order valence-electron chi connectivity index (χ0n) is 25.4. The van der Waals surface area contributed by atoms with Crippen LogP contribution in [0.1, 0.15) is 37.5 Å². The van der Waals surface area contributed by atoms with Gasteiger partial charge in [0.05, 0.1) is 24.8 Å². The van der Waals surface area contributed by atoms with Crippen LogP contribution in [0.25, 0.3) is 0 Å². The van der Waals surface area contributed by atoms with Crippen LogP contribution in [0.2, 0.25) is 0 Å². The van der Waals surface area contributed by atoms with Gasteiger partial charge in [0.15, 0.2) is 11.5 Å². The van der Waals surface area contributed by atoms with E-state index in [0.717, 1.165) is 21.0 Å². The zero-order chi connectivity index (χ0) is 31.0. The molecule has 0 saturated carbocycles. The van der Waals surface area contributed by atoms with E-state index in [1.807, 2.05) is 52.0 Å². The molecule has 0 saturated heterocycles. The maximum atomic E-state index is 14.1. The minimum Gasteiger partial charge on any atom is -0.493 e. The number of hydrogen-bond donors (Lipinski definition) is 1. The molecular weight excluding hydrogens is 554 g/mol. The van der Waals surface area contributed by atoms with Crippen LogP contribution in [-0.2, 0) is 26.2 Å². The predicted molar refractivity (Wildman–Crippen MR) is 164 cm³/mol. The van der Waals surface area contributed by atoms with Crippen molar-refractivity contribution in [2.75, 3.05) is 31.6 Å². The molecule has 3 aromatic carbocycles. The highest BCUT2D eigenvalue weighted by atomic mass is 32.2. The summed E-state index contributed by atoms with van der Waals surface area (Å²) < 4.78 is 39.9. The molecule has 0 fully saturated rings. The average Bonchev–Trinajstić information content (AvgIpc) is 2.97. The Balaban J connectivity index is 2.06. The number of hydrogen-bond acceptors (Lipinski definition) is 6. The van der Waals surface area contributed by atoms with Crippen LogP contribution < -0.4 is 19.1 Å². The third-order valence-corrected chi connectivity index (χ3v) is 8.77. The minimum absolute atomic E-state index is 0.0679. The zero-order valence-corrected chi connectivity index (χ0v) is 26.2. The fourth-order valence-corrected chi connectivity index (χ4v) is 5.78. The number of carbonyl (C=O) groups is 2. The predicted octanol–water partition coefficient (Wildman–Crippen LogP) is 4.71. The molecule has 0 spiro atoms. The number of amides is 2. The average molecular weight is 596 g/mol. The van der Waals surface area contributed by atoms with E-state index >= 15 is 0 Å². The van der Waals surface area contributed by atoms with Gasteiger partial charge in [-0.2, -0.15) is 0 Å². The summed E-state index contributed by atoms with van der Waals surface area (Å²) in [7, 11) is -1.37. The molecule has 0 aliphatic carbocycles. The van der Waals surface area contributed by atoms with Crippen LogP contribution in [0.15, 0.2) is 71.6 Å². The van der Waals surface area contributed by atoms with E-state index in [1.165, 1.54) is 37.3 Å². The summed E-state index contributed by atoms with van der Waals surface area (Å²) in [6, 6.07) is 17.9. The summed E-state index contributed by atoms with van der Waals surface area (Å²) in [4.78, 5) is 28.6. The summed E-state index contributed by atoms with van der Waals surface area (Å²) in [5, 5.41) is 2.90. The lowest BCUT2D eigenvalue weighted by molar-refractivity contribution is -0.139. The molecule has 0 radical (unpaired) electrons. The number of methoxy groups -OCH3 is 2. The van der Waals surface area contributed by atoms with Gasteiger partial charge in [-0.25, -0.2) is 8.42 Å². The van der Waals surface area contributed by atoms with Crippen LogP contribution in [0.3, 0.4) is 0 Å². The molecule has 10 heteroatoms. The molecule has 9 nitrogen and oxygen atoms in total. The lowest BCUT2D eigenvalue weighted by Gasteiger charge is -2.32. The van der Waals surface area contributed by atoms with E-state index in [4.69, 9.17) is 9.47 Å². The smallest absolute Gasteiger partial charge is 0.264 e. The number of sulfonamides is 1. The van der Waals surface area contributed by atoms with Gasteiger partial charge >= 0.3 is 0 Å². The first-order valence-electron chi connectivity index (χ1n) is 13.8. The Bertz CT molecular complexity index is 1490. The molecule has 3 rings (SSSR count). The minimum atomic E-state index is -4.25. The Labute approximate surface area is 249 Å². The van der Waals surface area contributed by atoms with E-state index in [-0.39, 0.29) is 29.0 Å². The van der Waals surface area contributed by atoms with Crippen molar-refractivity contribution >= 4 is 27.5 Å². The second-order valence-electron chi connectivity index (χ2n) is 10.6. The lowest BCUT2D eigenvalue weighted by Crippen LogP contribution is -2.51. The summed E-state index contributed by atoms with van der Waals surface area (Å²) in [6.45, 7) is 9.53. The fraction of sp³-hybridized carbons (Fsp3) is 0.375. The highest BCUT2D eigenvalue weighted by Gasteiger charge is 2.33. The number of anilines is 1. The molecule has 0 bridgehead atoms. The summed E-state index contributed by atoms with van der Waals surface area (Å²) in [6.07, 6.45) is 0. The van der Waals surface area contributed by atoms with Gasteiger partial charge < -0.3 is 19.7 Å². The van der Waals surface area contributed by atoms with E-state index in [0.29, 0.717) is 18.0 Å². The van der Waals surface area contributed by atoms with Gasteiger partial charge in [-0.3, -0.25) is 13.9 Å². The topological polar surface area (TPSA) is 105 Å². The number of rotatable bonds is 13. The first kappa shape index (κ1) is 32.5. The molecule has 3 aromatic rings. The third-order valence-electron chi connectivity index (χ3n) is 7.00. The molecule has 0 aromatic heterocycles. The third kappa shape index (κ3) is 7.82. The Morgan fingerprint density at radius 2 is 1.52 bits per heavy atom. The van der Waals surface area contributed by atoms with Crippen molar-refractivity contribution in [2.45, 2.75) is 52.1 Å². The Morgan fingerprint density at radius 1 is 0.881 bits per heavy atom. The van der Waals surface area contributed by atoms with Crippen LogP contribution in [-0.4, -0.2) is 58.5 Å². The van der Waals surface area contributed by atoms with Crippen molar-refractivity contribution in [1.82, 2.24) is 10.2 Å². The van der Waals surface area contributed by atoms with Gasteiger partial charge in [0.1, 0.15) is 12.6 Å². The molecule has 1 unspecified atom stereocenters. The maximum Gasteiger partial charge on any atom is 0.264 e. The van der Waals surface area contributed by atoms with Gasteiger partial charge in [0, 0.05) is 19.2 Å². The Morgan fingerprint density at radius 3 is 2.12 bits per heavy atom. The van der Waals surface area contributed by atoms with Crippen LogP contribution in [0.5, 0.6) is 11.5 Å². The van der Waals surface area contributed by atoms with Crippen LogP contribution in [0.4, 0.5) is 5.69 Å². The Hall–Kier alpha value is -4.05. The monoisotopic (exact) mass is 595 g/mol. The Kier molecular flexibility index (Phi) is 11.0. The van der Waals surface area contributed by atoms with Crippen LogP contribution >= 0.6 is 0 Å². The highest BCUT2D eigenvalue weighted by molar-refractivity contribution is 7.92. The number of carbonyl (C=O) groups excluding carboxylic acids is 2. The van der Waals surface area contributed by atoms with Crippen molar-refractivity contribution in [3.8, 4) is 11.5 Å². The van der Waals surface area contributed by atoms with Crippen molar-refractivity contribution in [3.63, 3.8) is 0 Å². The summed E-state index contributed by atoms with van der Waals surface area (Å²) >= 11 is 0. The molecule has 2 amide bonds. The van der Waals surface area contributed by atoms with Gasteiger partial charge in [0.25, 0.3) is 10.0 Å². The second-order valence-corrected chi connectivity index (χ2v) is 12.5. The molecule has 0 heterocycles. The standard InChI is InChI=1S/C32H41N3O6S/c1-22(2)19-33-32(37)25(5)34(20-26-11-9-8-10-24(26)4)31(36)21-35(27-14-12-23(3)13-15-27)42(38,39)28-16-17-29(40-6)30(18-28)41-7/h8-18,22,25H,19-21H2,1-7H3,(H,33,37). The summed E-state index contributed by atoms with van der Waals surface area (Å²) in [5.74, 6) is 0.0149. The largest absolute Gasteiger partial charge is 0.493 e. The van der Waals surface area contributed by atoms with Crippen molar-refractivity contribution in [1.29, 1.82) is 0 Å². The molecule has 42 heavy (non-hydrogen) atoms. The molecular formula is C32H41N3O6S. The SMILES string of the molecule is COc1ccc(S(=O)(=O)N(CC(=O)N(Cc2ccccc2C)C(C)C(=O)NCC(C)C)c2ccc(C)cc2)cc1OC. The first-order valence-corrected chi connectivity index (χ1v) is 15.3. The number of aryl methyl sites for hydroxylation is 2. The molecule has 0 aliphatic rings. The number of benzene rings is 3. The molecule has 1 N–H and O–H groups in total. The van der Waals surface area contributed by atoms with Crippen molar-refractivity contribution in [3.05, 3.63) is 83.4 Å². The van der Waals surface area contributed by atoms with E-state index in [9.17, 15) is 18.0 Å². The maximum absolute atomic E-state index is 14.1. The summed E-state index contributed by atoms with van der Waals surface area (Å²) in [5.41, 5.74) is 3.07. The number of nitrogens with zero attached hydrogens (tertiary/aromatic N) is 2. The lowest BCUT2D eigenvalue weighted by atomic mass is 10.1. The first-order chi connectivity index (χ1) is 19.9. The van der Waals surface area contributed by atoms with Gasteiger partial charge in [0.2, 0.25) is 11.8 Å². The van der Waals surface area contributed by atoms with E-state index < -0.39 is 28.5 Å². The highest BCUT2D eigenvalue weighted by Crippen LogP contribution is 2.32. The van der Waals surface area contributed by atoms with Crippen molar-refractivity contribution < 1.29 is 27.5 Å². The van der Waals surface area contributed by atoms with Gasteiger partial charge in [-0.1, -0.05) is 55.8 Å². The van der Waals surface area contributed by atoms with Gasteiger partial charge in [-0.05, 0) is 62.1 Å². The number of ether oxygens (including phenoxy) is 2. The second kappa shape index (κ2) is 14.2. The van der Waals surface area contributed by atoms with E-state index in [1.54, 1.807) is 31.2 Å². The van der Waals surface area contributed by atoms with E-state index in [2.05, 4.69) is 5.32 Å². The fourth-order valence-electron chi connectivity index (χ4n) is 4.35. The number of nitrogens with one attached hydrogen (secondary N) is 1.